The number of halogens is 3. The number of carbonyl (C=O) groups is 1. The normalized spacial score (nSPS) is 11.8. The molecule has 0 radical (unpaired) electrons. The third-order valence-corrected chi connectivity index (χ3v) is 3.07. The van der Waals surface area contributed by atoms with Crippen LogP contribution in [0.2, 0.25) is 0 Å². The van der Waals surface area contributed by atoms with Crippen LogP contribution in [0.1, 0.15) is 18.9 Å². The fourth-order valence-electron chi connectivity index (χ4n) is 1.82. The van der Waals surface area contributed by atoms with Gasteiger partial charge >= 0.3 is 6.18 Å². The maximum absolute atomic E-state index is 12.1. The predicted molar refractivity (Wildman–Crippen MR) is 89.5 cm³/mol. The van der Waals surface area contributed by atoms with Gasteiger partial charge in [0.25, 0.3) is 0 Å². The van der Waals surface area contributed by atoms with Crippen LogP contribution in [-0.2, 0) is 11.3 Å². The maximum atomic E-state index is 12.1. The molecule has 1 aromatic rings. The van der Waals surface area contributed by atoms with Gasteiger partial charge in [0.15, 0.2) is 5.96 Å². The zero-order valence-electron chi connectivity index (χ0n) is 14.2. The molecule has 0 aliphatic heterocycles. The van der Waals surface area contributed by atoms with E-state index in [1.165, 1.54) is 0 Å². The molecule has 140 valence electrons. The van der Waals surface area contributed by atoms with Gasteiger partial charge in [0.05, 0.1) is 13.5 Å². The first-order valence-electron chi connectivity index (χ1n) is 7.82. The fraction of sp³-hybridized carbons (Fsp3) is 0.500. The molecule has 0 aliphatic rings. The molecule has 0 saturated heterocycles. The number of nitrogens with zero attached hydrogens (tertiary/aromatic N) is 1. The topological polar surface area (TPSA) is 74.8 Å². The molecular weight excluding hydrogens is 337 g/mol. The predicted octanol–water partition coefficient (Wildman–Crippen LogP) is 1.82. The lowest BCUT2D eigenvalue weighted by atomic mass is 10.2. The molecule has 0 saturated carbocycles. The van der Waals surface area contributed by atoms with Crippen molar-refractivity contribution in [1.29, 1.82) is 0 Å². The van der Waals surface area contributed by atoms with Crippen molar-refractivity contribution in [1.82, 2.24) is 16.0 Å². The van der Waals surface area contributed by atoms with Crippen LogP contribution in [0.5, 0.6) is 5.75 Å². The Morgan fingerprint density at radius 1 is 1.16 bits per heavy atom. The summed E-state index contributed by atoms with van der Waals surface area (Å²) in [6, 6.07) is 7.22. The molecule has 0 atom stereocenters. The van der Waals surface area contributed by atoms with Gasteiger partial charge in [-0.3, -0.25) is 4.79 Å². The van der Waals surface area contributed by atoms with Crippen LogP contribution in [0.15, 0.2) is 29.3 Å². The molecule has 1 rings (SSSR count). The zero-order chi connectivity index (χ0) is 18.7. The summed E-state index contributed by atoms with van der Waals surface area (Å²) in [6.07, 6.45) is -5.21. The van der Waals surface area contributed by atoms with Crippen molar-refractivity contribution in [2.45, 2.75) is 26.1 Å². The lowest BCUT2D eigenvalue weighted by molar-refractivity contribution is -0.132. The summed E-state index contributed by atoms with van der Waals surface area (Å²) < 4.78 is 41.5. The number of hydrogen-bond acceptors (Lipinski definition) is 3. The molecule has 0 aliphatic carbocycles. The molecule has 0 unspecified atom stereocenters. The van der Waals surface area contributed by atoms with Gasteiger partial charge in [0.1, 0.15) is 12.3 Å². The quantitative estimate of drug-likeness (QED) is 0.488. The van der Waals surface area contributed by atoms with Crippen molar-refractivity contribution in [3.63, 3.8) is 0 Å². The molecule has 0 spiro atoms. The highest BCUT2D eigenvalue weighted by Crippen LogP contribution is 2.18. The Kier molecular flexibility index (Phi) is 8.59. The van der Waals surface area contributed by atoms with Crippen LogP contribution in [0.25, 0.3) is 0 Å². The first-order valence-corrected chi connectivity index (χ1v) is 7.82. The fourth-order valence-corrected chi connectivity index (χ4v) is 1.82. The molecule has 1 aromatic carbocycles. The number of aliphatic imine (C=N–C) groups is 1. The summed E-state index contributed by atoms with van der Waals surface area (Å²) in [7, 11) is 1.57. The highest BCUT2D eigenvalue weighted by Gasteiger charge is 2.26. The Hall–Kier alpha value is -2.45. The molecular formula is C16H23F3N4O2. The van der Waals surface area contributed by atoms with E-state index in [9.17, 15) is 18.0 Å². The number of nitrogens with one attached hydrogen (secondary N) is 3. The van der Waals surface area contributed by atoms with Gasteiger partial charge in [-0.05, 0) is 24.6 Å². The van der Waals surface area contributed by atoms with Gasteiger partial charge < -0.3 is 20.7 Å². The SMILES string of the molecule is CCNC(=NCC(=O)NCc1ccc(OC)cc1)NCCC(F)(F)F. The monoisotopic (exact) mass is 360 g/mol. The number of ether oxygens (including phenoxy) is 1. The Labute approximate surface area is 144 Å². The summed E-state index contributed by atoms with van der Waals surface area (Å²) >= 11 is 0. The molecule has 9 heteroatoms. The number of hydrogen-bond donors (Lipinski definition) is 3. The molecule has 6 nitrogen and oxygen atoms in total. The van der Waals surface area contributed by atoms with E-state index >= 15 is 0 Å². The molecule has 0 heterocycles. The Morgan fingerprint density at radius 3 is 2.40 bits per heavy atom. The van der Waals surface area contributed by atoms with E-state index in [0.29, 0.717) is 13.1 Å². The number of benzene rings is 1. The van der Waals surface area contributed by atoms with Crippen LogP contribution in [-0.4, -0.2) is 44.8 Å². The number of guanidine groups is 1. The molecule has 25 heavy (non-hydrogen) atoms. The molecule has 0 fully saturated rings. The third kappa shape index (κ3) is 9.43. The minimum absolute atomic E-state index is 0.173. The van der Waals surface area contributed by atoms with Crippen LogP contribution < -0.4 is 20.7 Å². The number of amides is 1. The number of carbonyl (C=O) groups excluding carboxylic acids is 1. The lowest BCUT2D eigenvalue weighted by Crippen LogP contribution is -2.39. The Balaban J connectivity index is 2.41. The maximum Gasteiger partial charge on any atom is 0.390 e. The zero-order valence-corrected chi connectivity index (χ0v) is 14.2. The van der Waals surface area contributed by atoms with E-state index in [-0.39, 0.29) is 25.0 Å². The van der Waals surface area contributed by atoms with Crippen LogP contribution in [0, 0.1) is 0 Å². The lowest BCUT2D eigenvalue weighted by Gasteiger charge is -2.12. The summed E-state index contributed by atoms with van der Waals surface area (Å²) in [5.74, 6) is 0.565. The van der Waals surface area contributed by atoms with E-state index in [0.717, 1.165) is 11.3 Å². The number of alkyl halides is 3. The Bertz CT molecular complexity index is 559. The van der Waals surface area contributed by atoms with Crippen molar-refractivity contribution < 1.29 is 22.7 Å². The van der Waals surface area contributed by atoms with Gasteiger partial charge in [0, 0.05) is 19.6 Å². The van der Waals surface area contributed by atoms with Crippen molar-refractivity contribution >= 4 is 11.9 Å². The largest absolute Gasteiger partial charge is 0.497 e. The van der Waals surface area contributed by atoms with E-state index in [1.807, 2.05) is 12.1 Å². The van der Waals surface area contributed by atoms with E-state index in [1.54, 1.807) is 26.2 Å². The van der Waals surface area contributed by atoms with Crippen LogP contribution >= 0.6 is 0 Å². The first kappa shape index (κ1) is 20.6. The summed E-state index contributed by atoms with van der Waals surface area (Å²) in [5, 5.41) is 8.02. The Morgan fingerprint density at radius 2 is 1.84 bits per heavy atom. The van der Waals surface area contributed by atoms with E-state index in [2.05, 4.69) is 20.9 Å². The summed E-state index contributed by atoms with van der Waals surface area (Å²) in [5.41, 5.74) is 0.897. The number of methoxy groups -OCH3 is 1. The van der Waals surface area contributed by atoms with E-state index in [4.69, 9.17) is 4.74 Å². The molecule has 1 amide bonds. The average molecular weight is 360 g/mol. The summed E-state index contributed by atoms with van der Waals surface area (Å²) in [4.78, 5) is 15.8. The van der Waals surface area contributed by atoms with Crippen molar-refractivity contribution in [3.8, 4) is 5.75 Å². The second-order valence-corrected chi connectivity index (χ2v) is 5.11. The first-order chi connectivity index (χ1) is 11.8. The van der Waals surface area contributed by atoms with Crippen molar-refractivity contribution in [2.75, 3.05) is 26.7 Å². The third-order valence-electron chi connectivity index (χ3n) is 3.07. The van der Waals surface area contributed by atoms with Crippen LogP contribution in [0.3, 0.4) is 0 Å². The molecule has 0 bridgehead atoms. The van der Waals surface area contributed by atoms with E-state index < -0.39 is 12.6 Å². The average Bonchev–Trinajstić information content (AvgIpc) is 2.57. The van der Waals surface area contributed by atoms with Crippen molar-refractivity contribution in [3.05, 3.63) is 29.8 Å². The summed E-state index contributed by atoms with van der Waals surface area (Å²) in [6.45, 7) is 2.10. The second kappa shape index (κ2) is 10.4. The van der Waals surface area contributed by atoms with Gasteiger partial charge in [-0.15, -0.1) is 0 Å². The second-order valence-electron chi connectivity index (χ2n) is 5.11. The van der Waals surface area contributed by atoms with Gasteiger partial charge in [0.2, 0.25) is 5.91 Å². The molecule has 3 N–H and O–H groups in total. The van der Waals surface area contributed by atoms with Crippen LogP contribution in [0.4, 0.5) is 13.2 Å². The molecule has 0 aromatic heterocycles. The van der Waals surface area contributed by atoms with Gasteiger partial charge in [-0.1, -0.05) is 12.1 Å². The highest BCUT2D eigenvalue weighted by atomic mass is 19.4. The standard InChI is InChI=1S/C16H23F3N4O2/c1-3-20-15(21-9-8-16(17,18)19)23-11-14(24)22-10-12-4-6-13(25-2)7-5-12/h4-7H,3,8-11H2,1-2H3,(H,22,24)(H2,20,21,23). The smallest absolute Gasteiger partial charge is 0.390 e. The minimum atomic E-state index is -4.24. The highest BCUT2D eigenvalue weighted by molar-refractivity contribution is 5.84. The van der Waals surface area contributed by atoms with Crippen molar-refractivity contribution in [2.24, 2.45) is 4.99 Å². The minimum Gasteiger partial charge on any atom is -0.497 e. The van der Waals surface area contributed by atoms with Gasteiger partial charge in [-0.2, -0.15) is 13.2 Å². The van der Waals surface area contributed by atoms with Gasteiger partial charge in [-0.25, -0.2) is 4.99 Å². The number of rotatable bonds is 8.